The Morgan fingerprint density at radius 1 is 0.796 bits per heavy atom. The number of hydrogen-bond acceptors (Lipinski definition) is 10. The largest absolute Gasteiger partial charge is 0.467 e. The monoisotopic (exact) mass is 747 g/mol. The van der Waals surface area contributed by atoms with Crippen molar-refractivity contribution >= 4 is 30.0 Å². The number of nitrogens with zero attached hydrogens (tertiary/aromatic N) is 2. The number of amides is 3. The summed E-state index contributed by atoms with van der Waals surface area (Å²) in [5.41, 5.74) is 3.41. The molecule has 0 aliphatic heterocycles. The third-order valence-corrected chi connectivity index (χ3v) is 8.43. The van der Waals surface area contributed by atoms with Crippen molar-refractivity contribution in [3.8, 4) is 11.1 Å². The van der Waals surface area contributed by atoms with Crippen LogP contribution in [0.2, 0.25) is 0 Å². The maximum Gasteiger partial charge on any atom is 0.408 e. The molecule has 0 bridgehead atoms. The second-order valence-electron chi connectivity index (χ2n) is 15.2. The van der Waals surface area contributed by atoms with Gasteiger partial charge < -0.3 is 39.5 Å². The Bertz CT molecular complexity index is 1730. The van der Waals surface area contributed by atoms with E-state index in [2.05, 4.69) is 33.1 Å². The highest BCUT2D eigenvalue weighted by Gasteiger charge is 2.31. The summed E-state index contributed by atoms with van der Waals surface area (Å²) in [7, 11) is 1.24. The van der Waals surface area contributed by atoms with Crippen LogP contribution in [0.25, 0.3) is 11.1 Å². The molecule has 4 rings (SSSR count). The fraction of sp³-hybridized carbons (Fsp3) is 0.500. The number of carbonyl (C=O) groups excluding carboxylic acids is 5. The summed E-state index contributed by atoms with van der Waals surface area (Å²) in [5.74, 6) is -1.68. The molecule has 1 aromatic heterocycles. The predicted octanol–water partition coefficient (Wildman–Crippen LogP) is 5.42. The zero-order valence-electron chi connectivity index (χ0n) is 32.2. The van der Waals surface area contributed by atoms with Crippen LogP contribution in [0.4, 0.5) is 9.59 Å². The minimum atomic E-state index is -1.08. The molecular weight excluding hydrogens is 694 g/mol. The molecule has 1 aliphatic carbocycles. The Morgan fingerprint density at radius 2 is 1.41 bits per heavy atom. The van der Waals surface area contributed by atoms with Gasteiger partial charge in [-0.15, -0.1) is 0 Å². The van der Waals surface area contributed by atoms with Crippen molar-refractivity contribution in [2.75, 3.05) is 20.3 Å². The second kappa shape index (κ2) is 18.6. The first-order chi connectivity index (χ1) is 25.5. The van der Waals surface area contributed by atoms with Crippen molar-refractivity contribution in [2.45, 2.75) is 109 Å². The second-order valence-corrected chi connectivity index (χ2v) is 15.2. The summed E-state index contributed by atoms with van der Waals surface area (Å²) >= 11 is 0. The SMILES string of the molecule is COC(=O)[C@H](Cc1cn(CCCCNC(=O)CC[C@H](NC(=O)OCC2c3ccccc3-c3ccccc32)C(=O)OC(C)(C)C)cn1)NC(=O)OC(C)(C)C. The molecule has 0 saturated heterocycles. The molecule has 1 aliphatic rings. The average molecular weight is 748 g/mol. The van der Waals surface area contributed by atoms with E-state index in [-0.39, 0.29) is 37.7 Å². The van der Waals surface area contributed by atoms with E-state index in [1.54, 1.807) is 54.1 Å². The molecule has 292 valence electrons. The van der Waals surface area contributed by atoms with Crippen LogP contribution in [0.1, 0.15) is 90.0 Å². The number of rotatable bonds is 16. The zero-order chi connectivity index (χ0) is 39.5. The van der Waals surface area contributed by atoms with Crippen LogP contribution in [0.3, 0.4) is 0 Å². The van der Waals surface area contributed by atoms with Crippen molar-refractivity contribution in [1.82, 2.24) is 25.5 Å². The van der Waals surface area contributed by atoms with Crippen LogP contribution >= 0.6 is 0 Å². The van der Waals surface area contributed by atoms with E-state index in [0.717, 1.165) is 28.7 Å². The number of aryl methyl sites for hydroxylation is 1. The van der Waals surface area contributed by atoms with Gasteiger partial charge in [-0.1, -0.05) is 48.5 Å². The van der Waals surface area contributed by atoms with Crippen LogP contribution in [0.15, 0.2) is 61.1 Å². The van der Waals surface area contributed by atoms with Crippen molar-refractivity contribution in [1.29, 1.82) is 0 Å². The van der Waals surface area contributed by atoms with Crippen molar-refractivity contribution in [2.24, 2.45) is 0 Å². The quantitative estimate of drug-likeness (QED) is 0.0975. The molecule has 0 fully saturated rings. The Labute approximate surface area is 316 Å². The average Bonchev–Trinajstić information content (AvgIpc) is 3.68. The Kier molecular flexibility index (Phi) is 14.2. The van der Waals surface area contributed by atoms with E-state index in [0.29, 0.717) is 25.2 Å². The van der Waals surface area contributed by atoms with Crippen LogP contribution in [0, 0.1) is 0 Å². The minimum absolute atomic E-state index is 0.0167. The van der Waals surface area contributed by atoms with Gasteiger partial charge in [-0.25, -0.2) is 24.2 Å². The Morgan fingerprint density at radius 3 is 2.02 bits per heavy atom. The number of esters is 2. The van der Waals surface area contributed by atoms with Crippen molar-refractivity contribution in [3.63, 3.8) is 0 Å². The lowest BCUT2D eigenvalue weighted by atomic mass is 9.98. The van der Waals surface area contributed by atoms with Gasteiger partial charge in [-0.05, 0) is 83.1 Å². The fourth-order valence-corrected chi connectivity index (χ4v) is 6.04. The van der Waals surface area contributed by atoms with E-state index in [4.69, 9.17) is 18.9 Å². The van der Waals surface area contributed by atoms with Gasteiger partial charge in [0.2, 0.25) is 5.91 Å². The first kappa shape index (κ1) is 41.4. The standard InChI is InChI=1S/C40H53N5O9/c1-39(2,3)53-36(48)32(43-37(49)52-24-31-29-16-10-8-14-27(29)28-15-9-11-17-30(28)31)18-19-34(46)41-20-12-13-21-45-23-26(42-25-45)22-33(35(47)51-7)44-38(50)54-40(4,5)6/h8-11,14-17,23,25,31-33H,12-13,18-22,24H2,1-7H3,(H,41,46)(H,43,49)(H,44,50)/t32-,33-/m0/s1. The number of imidazole rings is 1. The highest BCUT2D eigenvalue weighted by atomic mass is 16.6. The molecule has 0 saturated carbocycles. The molecule has 14 heteroatoms. The van der Waals surface area contributed by atoms with Gasteiger partial charge in [-0.3, -0.25) is 4.79 Å². The maximum atomic E-state index is 13.1. The lowest BCUT2D eigenvalue weighted by molar-refractivity contribution is -0.157. The van der Waals surface area contributed by atoms with Gasteiger partial charge in [0.15, 0.2) is 0 Å². The molecular formula is C40H53N5O9. The summed E-state index contributed by atoms with van der Waals surface area (Å²) in [6, 6.07) is 14.0. The summed E-state index contributed by atoms with van der Waals surface area (Å²) in [4.78, 5) is 67.6. The Balaban J connectivity index is 1.21. The van der Waals surface area contributed by atoms with E-state index in [1.165, 1.54) is 7.11 Å². The summed E-state index contributed by atoms with van der Waals surface area (Å²) < 4.78 is 23.1. The van der Waals surface area contributed by atoms with Crippen LogP contribution in [0.5, 0.6) is 0 Å². The van der Waals surface area contributed by atoms with E-state index in [1.807, 2.05) is 41.0 Å². The molecule has 1 heterocycles. The summed E-state index contributed by atoms with van der Waals surface area (Å²) in [6.07, 6.45) is 3.43. The predicted molar refractivity (Wildman–Crippen MR) is 200 cm³/mol. The number of hydrogen-bond donors (Lipinski definition) is 3. The van der Waals surface area contributed by atoms with Crippen LogP contribution < -0.4 is 16.0 Å². The highest BCUT2D eigenvalue weighted by Crippen LogP contribution is 2.44. The number of nitrogens with one attached hydrogen (secondary N) is 3. The molecule has 3 aromatic rings. The molecule has 14 nitrogen and oxygen atoms in total. The zero-order valence-corrected chi connectivity index (χ0v) is 32.2. The molecule has 0 spiro atoms. The van der Waals surface area contributed by atoms with Gasteiger partial charge in [0.25, 0.3) is 0 Å². The molecule has 3 N–H and O–H groups in total. The van der Waals surface area contributed by atoms with Crippen molar-refractivity contribution in [3.05, 3.63) is 77.9 Å². The van der Waals surface area contributed by atoms with Gasteiger partial charge in [0.05, 0.1) is 19.1 Å². The molecule has 2 aromatic carbocycles. The van der Waals surface area contributed by atoms with Crippen molar-refractivity contribution < 1.29 is 42.9 Å². The number of ether oxygens (including phenoxy) is 4. The van der Waals surface area contributed by atoms with E-state index < -0.39 is 47.4 Å². The fourth-order valence-electron chi connectivity index (χ4n) is 6.04. The van der Waals surface area contributed by atoms with Crippen LogP contribution in [-0.4, -0.2) is 83.1 Å². The first-order valence-corrected chi connectivity index (χ1v) is 18.2. The highest BCUT2D eigenvalue weighted by molar-refractivity contribution is 5.84. The van der Waals surface area contributed by atoms with E-state index in [9.17, 15) is 24.0 Å². The molecule has 2 atom stereocenters. The van der Waals surface area contributed by atoms with Gasteiger partial charge in [0.1, 0.15) is 29.9 Å². The van der Waals surface area contributed by atoms with Gasteiger partial charge in [-0.2, -0.15) is 0 Å². The number of methoxy groups -OCH3 is 1. The topological polar surface area (TPSA) is 176 Å². The van der Waals surface area contributed by atoms with Crippen LogP contribution in [-0.2, 0) is 46.3 Å². The first-order valence-electron chi connectivity index (χ1n) is 18.2. The number of alkyl carbamates (subject to hydrolysis) is 2. The molecule has 3 amide bonds. The number of unbranched alkanes of at least 4 members (excludes halogenated alkanes) is 1. The third-order valence-electron chi connectivity index (χ3n) is 8.43. The minimum Gasteiger partial charge on any atom is -0.467 e. The lowest BCUT2D eigenvalue weighted by Gasteiger charge is -2.24. The lowest BCUT2D eigenvalue weighted by Crippen LogP contribution is -2.45. The molecule has 54 heavy (non-hydrogen) atoms. The normalized spacial score (nSPS) is 13.5. The molecule has 0 radical (unpaired) electrons. The number of aromatic nitrogens is 2. The molecule has 0 unspecified atom stereocenters. The third kappa shape index (κ3) is 12.6. The summed E-state index contributed by atoms with van der Waals surface area (Å²) in [6.45, 7) is 11.5. The maximum absolute atomic E-state index is 13.1. The number of benzene rings is 2. The summed E-state index contributed by atoms with van der Waals surface area (Å²) in [5, 5.41) is 8.03. The number of fused-ring (bicyclic) bond motifs is 3. The number of carbonyl (C=O) groups is 5. The van der Waals surface area contributed by atoms with E-state index >= 15 is 0 Å². The van der Waals surface area contributed by atoms with Gasteiger partial charge >= 0.3 is 24.1 Å². The smallest absolute Gasteiger partial charge is 0.408 e. The Hall–Kier alpha value is -5.40. The van der Waals surface area contributed by atoms with Gasteiger partial charge in [0, 0.05) is 38.0 Å².